The van der Waals surface area contributed by atoms with Crippen LogP contribution in [-0.2, 0) is 0 Å². The van der Waals surface area contributed by atoms with Crippen LogP contribution in [0.1, 0.15) is 13.8 Å². The number of nitro groups is 1. The van der Waals surface area contributed by atoms with Gasteiger partial charge in [0.15, 0.2) is 0 Å². The molecule has 18 heavy (non-hydrogen) atoms. The molecule has 2 heterocycles. The quantitative estimate of drug-likeness (QED) is 0.478. The molecule has 0 aromatic carbocycles. The number of nitrogen functional groups attached to an aromatic ring is 1. The number of nitrogens with two attached hydrogens (primary N) is 1. The Bertz CT molecular complexity index is 455. The minimum atomic E-state index is -0.406. The fourth-order valence-corrected chi connectivity index (χ4v) is 2.20. The Morgan fingerprint density at radius 2 is 2.06 bits per heavy atom. The molecule has 3 N–H and O–H groups in total. The second kappa shape index (κ2) is 4.77. The fourth-order valence-electron chi connectivity index (χ4n) is 2.20. The van der Waals surface area contributed by atoms with Crippen molar-refractivity contribution in [3.05, 3.63) is 22.2 Å². The molecule has 2 unspecified atom stereocenters. The molecule has 1 aliphatic heterocycles. The monoisotopic (exact) mass is 251 g/mol. The summed E-state index contributed by atoms with van der Waals surface area (Å²) in [6.45, 7) is 5.84. The molecule has 1 aliphatic rings. The maximum atomic E-state index is 11.0. The second-order valence-electron chi connectivity index (χ2n) is 4.80. The van der Waals surface area contributed by atoms with Crippen molar-refractivity contribution in [1.29, 1.82) is 0 Å². The molecule has 7 heteroatoms. The van der Waals surface area contributed by atoms with Crippen LogP contribution in [0.4, 0.5) is 17.3 Å². The van der Waals surface area contributed by atoms with E-state index >= 15 is 0 Å². The zero-order valence-electron chi connectivity index (χ0n) is 10.5. The van der Waals surface area contributed by atoms with Crippen molar-refractivity contribution in [2.45, 2.75) is 13.8 Å². The predicted molar refractivity (Wildman–Crippen MR) is 69.2 cm³/mol. The predicted octanol–water partition coefficient (Wildman–Crippen LogP) is 1.37. The van der Waals surface area contributed by atoms with Gasteiger partial charge in [-0.2, -0.15) is 0 Å². The van der Waals surface area contributed by atoms with E-state index in [2.05, 4.69) is 24.3 Å². The topological polar surface area (TPSA) is 97.3 Å². The minimum absolute atomic E-state index is 0.0234. The van der Waals surface area contributed by atoms with Gasteiger partial charge in [-0.25, -0.2) is 10.8 Å². The van der Waals surface area contributed by atoms with Gasteiger partial charge in [-0.3, -0.25) is 10.1 Å². The van der Waals surface area contributed by atoms with Crippen molar-refractivity contribution in [3.63, 3.8) is 0 Å². The van der Waals surface area contributed by atoms with E-state index in [4.69, 9.17) is 5.84 Å². The molecule has 0 radical (unpaired) electrons. The van der Waals surface area contributed by atoms with Gasteiger partial charge in [-0.15, -0.1) is 0 Å². The van der Waals surface area contributed by atoms with E-state index in [1.165, 1.54) is 12.1 Å². The van der Waals surface area contributed by atoms with E-state index in [-0.39, 0.29) is 5.69 Å². The maximum absolute atomic E-state index is 11.0. The van der Waals surface area contributed by atoms with Gasteiger partial charge in [0, 0.05) is 19.2 Å². The van der Waals surface area contributed by atoms with Crippen molar-refractivity contribution in [3.8, 4) is 0 Å². The molecule has 0 bridgehead atoms. The Kier molecular flexibility index (Phi) is 3.33. The molecule has 1 aromatic rings. The van der Waals surface area contributed by atoms with Crippen LogP contribution < -0.4 is 16.2 Å². The summed E-state index contributed by atoms with van der Waals surface area (Å²) in [6.07, 6.45) is 0. The Morgan fingerprint density at radius 1 is 1.44 bits per heavy atom. The van der Waals surface area contributed by atoms with Crippen molar-refractivity contribution in [2.24, 2.45) is 17.7 Å². The molecule has 0 amide bonds. The highest BCUT2D eigenvalue weighted by Gasteiger charge is 2.31. The smallest absolute Gasteiger partial charge is 0.311 e. The second-order valence-corrected chi connectivity index (χ2v) is 4.80. The Balaban J connectivity index is 2.38. The summed E-state index contributed by atoms with van der Waals surface area (Å²) in [7, 11) is 0. The van der Waals surface area contributed by atoms with Gasteiger partial charge in [0.25, 0.3) is 0 Å². The van der Waals surface area contributed by atoms with E-state index in [9.17, 15) is 10.1 Å². The number of anilines is 2. The van der Waals surface area contributed by atoms with Gasteiger partial charge in [0.1, 0.15) is 5.82 Å². The number of hydrazine groups is 1. The van der Waals surface area contributed by atoms with Crippen molar-refractivity contribution >= 4 is 17.3 Å². The molecule has 0 aliphatic carbocycles. The van der Waals surface area contributed by atoms with Crippen molar-refractivity contribution in [2.75, 3.05) is 23.4 Å². The van der Waals surface area contributed by atoms with E-state index in [0.717, 1.165) is 13.1 Å². The first-order valence-corrected chi connectivity index (χ1v) is 5.90. The number of rotatable bonds is 3. The largest absolute Gasteiger partial charge is 0.350 e. The van der Waals surface area contributed by atoms with Crippen LogP contribution >= 0.6 is 0 Å². The van der Waals surface area contributed by atoms with Crippen LogP contribution in [0.2, 0.25) is 0 Å². The minimum Gasteiger partial charge on any atom is -0.350 e. The van der Waals surface area contributed by atoms with E-state index in [0.29, 0.717) is 23.5 Å². The molecule has 1 saturated heterocycles. The van der Waals surface area contributed by atoms with Crippen LogP contribution in [0, 0.1) is 22.0 Å². The van der Waals surface area contributed by atoms with Crippen molar-refractivity contribution in [1.82, 2.24) is 4.98 Å². The normalized spacial score (nSPS) is 23.2. The summed E-state index contributed by atoms with van der Waals surface area (Å²) in [6, 6.07) is 2.94. The lowest BCUT2D eigenvalue weighted by molar-refractivity contribution is -0.384. The molecule has 0 spiro atoms. The SMILES string of the molecule is CC1CN(c2nc(NN)ccc2[N+](=O)[O-])CC1C. The van der Waals surface area contributed by atoms with Gasteiger partial charge in [-0.1, -0.05) is 13.8 Å². The lowest BCUT2D eigenvalue weighted by Crippen LogP contribution is -2.23. The number of nitrogens with one attached hydrogen (secondary N) is 1. The van der Waals surface area contributed by atoms with Crippen molar-refractivity contribution < 1.29 is 4.92 Å². The highest BCUT2D eigenvalue weighted by Crippen LogP contribution is 2.33. The number of hydrogen-bond acceptors (Lipinski definition) is 6. The molecule has 1 fully saturated rings. The first-order valence-electron chi connectivity index (χ1n) is 5.90. The Labute approximate surface area is 105 Å². The zero-order valence-corrected chi connectivity index (χ0v) is 10.5. The molecule has 7 nitrogen and oxygen atoms in total. The number of pyridine rings is 1. The molecular formula is C11H17N5O2. The van der Waals surface area contributed by atoms with Crippen LogP contribution in [0.5, 0.6) is 0 Å². The fraction of sp³-hybridized carbons (Fsp3) is 0.545. The van der Waals surface area contributed by atoms with Gasteiger partial charge in [0.05, 0.1) is 4.92 Å². The zero-order chi connectivity index (χ0) is 13.3. The average Bonchev–Trinajstić information content (AvgIpc) is 2.68. The standard InChI is InChI=1S/C11H17N5O2/c1-7-5-15(6-8(7)2)11-9(16(17)18)3-4-10(13-11)14-12/h3-4,7-8H,5-6,12H2,1-2H3,(H,13,14). The lowest BCUT2D eigenvalue weighted by Gasteiger charge is -2.17. The van der Waals surface area contributed by atoms with Gasteiger partial charge >= 0.3 is 5.69 Å². The third-order valence-corrected chi connectivity index (χ3v) is 3.49. The van der Waals surface area contributed by atoms with E-state index in [1.54, 1.807) is 0 Å². The summed E-state index contributed by atoms with van der Waals surface area (Å²) < 4.78 is 0. The van der Waals surface area contributed by atoms with Gasteiger partial charge < -0.3 is 10.3 Å². The molecule has 2 atom stereocenters. The van der Waals surface area contributed by atoms with E-state index < -0.39 is 4.92 Å². The Morgan fingerprint density at radius 3 is 2.56 bits per heavy atom. The van der Waals surface area contributed by atoms with Crippen LogP contribution in [-0.4, -0.2) is 23.0 Å². The Hall–Kier alpha value is -1.89. The van der Waals surface area contributed by atoms with Gasteiger partial charge in [-0.05, 0) is 17.9 Å². The molecule has 2 rings (SSSR count). The number of nitrogens with zero attached hydrogens (tertiary/aromatic N) is 3. The third kappa shape index (κ3) is 2.21. The van der Waals surface area contributed by atoms with Crippen LogP contribution in [0.25, 0.3) is 0 Å². The van der Waals surface area contributed by atoms with Gasteiger partial charge in [0.2, 0.25) is 5.82 Å². The molecular weight excluding hydrogens is 234 g/mol. The summed E-state index contributed by atoms with van der Waals surface area (Å²) >= 11 is 0. The van der Waals surface area contributed by atoms with Crippen LogP contribution in [0.3, 0.4) is 0 Å². The average molecular weight is 251 g/mol. The van der Waals surface area contributed by atoms with Crippen LogP contribution in [0.15, 0.2) is 12.1 Å². The number of hydrogen-bond donors (Lipinski definition) is 2. The summed E-state index contributed by atoms with van der Waals surface area (Å²) in [5.41, 5.74) is 2.44. The van der Waals surface area contributed by atoms with E-state index in [1.807, 2.05) is 4.90 Å². The highest BCUT2D eigenvalue weighted by atomic mass is 16.6. The number of aromatic nitrogens is 1. The first kappa shape index (κ1) is 12.6. The summed E-state index contributed by atoms with van der Waals surface area (Å²) in [5.74, 6) is 7.13. The summed E-state index contributed by atoms with van der Waals surface area (Å²) in [5, 5.41) is 11.0. The molecule has 0 saturated carbocycles. The third-order valence-electron chi connectivity index (χ3n) is 3.49. The summed E-state index contributed by atoms with van der Waals surface area (Å²) in [4.78, 5) is 16.8. The maximum Gasteiger partial charge on any atom is 0.311 e. The first-order chi connectivity index (χ1) is 8.52. The molecule has 1 aromatic heterocycles. The molecule has 98 valence electrons. The highest BCUT2D eigenvalue weighted by molar-refractivity contribution is 5.62. The lowest BCUT2D eigenvalue weighted by atomic mass is 10.0.